The lowest BCUT2D eigenvalue weighted by Gasteiger charge is -2.25. The van der Waals surface area contributed by atoms with Crippen LogP contribution in [0.4, 0.5) is 0 Å². The molecule has 0 aliphatic carbocycles. The highest BCUT2D eigenvalue weighted by Gasteiger charge is 2.22. The van der Waals surface area contributed by atoms with Crippen molar-refractivity contribution in [2.45, 2.75) is 38.9 Å². The summed E-state index contributed by atoms with van der Waals surface area (Å²) in [5.74, 6) is 0. The zero-order valence-corrected chi connectivity index (χ0v) is 13.8. The summed E-state index contributed by atoms with van der Waals surface area (Å²) < 4.78 is 0. The second-order valence-corrected chi connectivity index (χ2v) is 6.77. The molecule has 1 aliphatic rings. The van der Waals surface area contributed by atoms with E-state index >= 15 is 0 Å². The highest BCUT2D eigenvalue weighted by atomic mass is 32.1. The fourth-order valence-electron chi connectivity index (χ4n) is 3.01. The average molecular weight is 301 g/mol. The van der Waals surface area contributed by atoms with Crippen LogP contribution in [0.1, 0.15) is 37.1 Å². The smallest absolute Gasteiger partial charge is 0.0801 e. The van der Waals surface area contributed by atoms with Crippen LogP contribution >= 0.6 is 11.3 Å². The third-order valence-electron chi connectivity index (χ3n) is 4.38. The van der Waals surface area contributed by atoms with Gasteiger partial charge in [-0.3, -0.25) is 10.2 Å². The predicted molar refractivity (Wildman–Crippen MR) is 89.5 cm³/mol. The van der Waals surface area contributed by atoms with E-state index in [0.717, 1.165) is 5.69 Å². The minimum atomic E-state index is 0.382. The van der Waals surface area contributed by atoms with Gasteiger partial charge in [0.1, 0.15) is 0 Å². The maximum Gasteiger partial charge on any atom is 0.0801 e. The number of hydrogen-bond donors (Lipinski definition) is 1. The molecule has 0 amide bonds. The first-order chi connectivity index (χ1) is 10.1. The Labute approximate surface area is 131 Å². The van der Waals surface area contributed by atoms with E-state index in [2.05, 4.69) is 60.4 Å². The first-order valence-corrected chi connectivity index (χ1v) is 8.50. The van der Waals surface area contributed by atoms with Crippen LogP contribution in [0, 0.1) is 6.92 Å². The number of benzene rings is 1. The molecule has 0 bridgehead atoms. The van der Waals surface area contributed by atoms with Crippen molar-refractivity contribution in [3.63, 3.8) is 0 Å². The molecule has 2 aromatic rings. The van der Waals surface area contributed by atoms with Crippen molar-refractivity contribution >= 4 is 11.3 Å². The number of aromatic nitrogens is 1. The summed E-state index contributed by atoms with van der Waals surface area (Å²) in [6, 6.07) is 9.29. The summed E-state index contributed by atoms with van der Waals surface area (Å²) in [5.41, 5.74) is 5.65. The van der Waals surface area contributed by atoms with Gasteiger partial charge in [-0.1, -0.05) is 24.3 Å². The van der Waals surface area contributed by atoms with E-state index < -0.39 is 0 Å². The summed E-state index contributed by atoms with van der Waals surface area (Å²) in [6.45, 7) is 5.52. The van der Waals surface area contributed by atoms with Crippen LogP contribution in [0.3, 0.4) is 0 Å². The molecule has 0 spiro atoms. The lowest BCUT2D eigenvalue weighted by molar-refractivity contribution is 0.247. The van der Waals surface area contributed by atoms with E-state index in [1.54, 1.807) is 11.3 Å². The van der Waals surface area contributed by atoms with E-state index in [4.69, 9.17) is 0 Å². The molecular formula is C17H23N3S. The van der Waals surface area contributed by atoms with Gasteiger partial charge in [0.2, 0.25) is 0 Å². The molecule has 1 unspecified atom stereocenters. The number of nitrogens with one attached hydrogen (secondary N) is 1. The molecule has 2 atom stereocenters. The molecule has 112 valence electrons. The molecule has 0 saturated carbocycles. The number of likely N-dealkylation sites (tertiary alicyclic amines) is 1. The van der Waals surface area contributed by atoms with Crippen LogP contribution in [-0.2, 0) is 0 Å². The van der Waals surface area contributed by atoms with Crippen LogP contribution in [0.25, 0.3) is 10.4 Å². The molecular weight excluding hydrogens is 278 g/mol. The summed E-state index contributed by atoms with van der Waals surface area (Å²) in [6.07, 6.45) is 3.06. The van der Waals surface area contributed by atoms with Crippen LogP contribution in [0.5, 0.6) is 0 Å². The Kier molecular flexibility index (Phi) is 4.38. The minimum Gasteiger partial charge on any atom is -0.295 e. The number of aryl methyl sites for hydroxylation is 1. The molecule has 1 fully saturated rings. The SMILES string of the molecule is Cc1ncsc1-c1ccc([C@H](C)NC2CCCN2C)cc1. The second kappa shape index (κ2) is 6.26. The molecule has 3 nitrogen and oxygen atoms in total. The van der Waals surface area contributed by atoms with Crippen molar-refractivity contribution in [1.29, 1.82) is 0 Å². The van der Waals surface area contributed by atoms with Crippen molar-refractivity contribution in [3.05, 3.63) is 41.0 Å². The van der Waals surface area contributed by atoms with Crippen molar-refractivity contribution in [3.8, 4) is 10.4 Å². The molecule has 1 N–H and O–H groups in total. The summed E-state index contributed by atoms with van der Waals surface area (Å²) in [4.78, 5) is 8.01. The molecule has 1 saturated heterocycles. The third kappa shape index (κ3) is 3.18. The highest BCUT2D eigenvalue weighted by molar-refractivity contribution is 7.13. The zero-order valence-electron chi connectivity index (χ0n) is 13.0. The van der Waals surface area contributed by atoms with E-state index in [0.29, 0.717) is 12.2 Å². The van der Waals surface area contributed by atoms with Gasteiger partial charge in [-0.05, 0) is 51.4 Å². The van der Waals surface area contributed by atoms with E-state index in [-0.39, 0.29) is 0 Å². The topological polar surface area (TPSA) is 28.2 Å². The number of hydrogen-bond acceptors (Lipinski definition) is 4. The van der Waals surface area contributed by atoms with Crippen LogP contribution < -0.4 is 5.32 Å². The molecule has 0 radical (unpaired) electrons. The molecule has 4 heteroatoms. The Morgan fingerprint density at radius 2 is 2.10 bits per heavy atom. The van der Waals surface area contributed by atoms with E-state index in [9.17, 15) is 0 Å². The average Bonchev–Trinajstić information content (AvgIpc) is 3.08. The number of nitrogens with zero attached hydrogens (tertiary/aromatic N) is 2. The van der Waals surface area contributed by atoms with Gasteiger partial charge in [-0.15, -0.1) is 11.3 Å². The van der Waals surface area contributed by atoms with E-state index in [1.165, 1.54) is 35.4 Å². The fourth-order valence-corrected chi connectivity index (χ4v) is 3.82. The van der Waals surface area contributed by atoms with Gasteiger partial charge in [-0.25, -0.2) is 4.98 Å². The van der Waals surface area contributed by atoms with Crippen molar-refractivity contribution in [2.24, 2.45) is 0 Å². The largest absolute Gasteiger partial charge is 0.295 e. The van der Waals surface area contributed by atoms with Crippen LogP contribution in [-0.4, -0.2) is 29.6 Å². The monoisotopic (exact) mass is 301 g/mol. The number of rotatable bonds is 4. The summed E-state index contributed by atoms with van der Waals surface area (Å²) >= 11 is 1.71. The summed E-state index contributed by atoms with van der Waals surface area (Å²) in [5, 5.41) is 3.73. The van der Waals surface area contributed by atoms with Gasteiger partial charge in [0, 0.05) is 6.04 Å². The van der Waals surface area contributed by atoms with Crippen molar-refractivity contribution in [2.75, 3.05) is 13.6 Å². The molecule has 3 rings (SSSR count). The molecule has 1 aromatic heterocycles. The minimum absolute atomic E-state index is 0.382. The van der Waals surface area contributed by atoms with Gasteiger partial charge < -0.3 is 0 Å². The van der Waals surface area contributed by atoms with Gasteiger partial charge in [0.15, 0.2) is 0 Å². The second-order valence-electron chi connectivity index (χ2n) is 5.92. The fraction of sp³-hybridized carbons (Fsp3) is 0.471. The predicted octanol–water partition coefficient (Wildman–Crippen LogP) is 3.82. The Hall–Kier alpha value is -1.23. The summed E-state index contributed by atoms with van der Waals surface area (Å²) in [7, 11) is 2.20. The molecule has 2 heterocycles. The zero-order chi connectivity index (χ0) is 14.8. The van der Waals surface area contributed by atoms with E-state index in [1.807, 2.05) is 5.51 Å². The Morgan fingerprint density at radius 1 is 1.33 bits per heavy atom. The van der Waals surface area contributed by atoms with Crippen molar-refractivity contribution in [1.82, 2.24) is 15.2 Å². The Morgan fingerprint density at radius 3 is 2.67 bits per heavy atom. The normalized spacial score (nSPS) is 20.8. The lowest BCUT2D eigenvalue weighted by atomic mass is 10.0. The maximum absolute atomic E-state index is 4.33. The highest BCUT2D eigenvalue weighted by Crippen LogP contribution is 2.28. The van der Waals surface area contributed by atoms with Gasteiger partial charge >= 0.3 is 0 Å². The van der Waals surface area contributed by atoms with Gasteiger partial charge in [0.05, 0.1) is 22.2 Å². The molecule has 1 aliphatic heterocycles. The first kappa shape index (κ1) is 14.7. The molecule has 1 aromatic carbocycles. The van der Waals surface area contributed by atoms with Gasteiger partial charge in [-0.2, -0.15) is 0 Å². The Balaban J connectivity index is 1.70. The number of thiazole rings is 1. The van der Waals surface area contributed by atoms with Gasteiger partial charge in [0.25, 0.3) is 0 Å². The first-order valence-electron chi connectivity index (χ1n) is 7.62. The Bertz CT molecular complexity index is 590. The van der Waals surface area contributed by atoms with Crippen molar-refractivity contribution < 1.29 is 0 Å². The van der Waals surface area contributed by atoms with Crippen LogP contribution in [0.2, 0.25) is 0 Å². The quantitative estimate of drug-likeness (QED) is 0.930. The lowest BCUT2D eigenvalue weighted by Crippen LogP contribution is -2.40. The van der Waals surface area contributed by atoms with Crippen LogP contribution in [0.15, 0.2) is 29.8 Å². The molecule has 21 heavy (non-hydrogen) atoms. The maximum atomic E-state index is 4.33. The third-order valence-corrected chi connectivity index (χ3v) is 5.36. The standard InChI is InChI=1S/C17H23N3S/c1-12(19-16-5-4-10-20(16)3)14-6-8-15(9-7-14)17-13(2)18-11-21-17/h6-9,11-12,16,19H,4-5,10H2,1-3H3/t12-,16?/m0/s1.